The fourth-order valence-corrected chi connectivity index (χ4v) is 4.14. The van der Waals surface area contributed by atoms with Crippen molar-refractivity contribution in [3.05, 3.63) is 94.8 Å². The molecule has 1 aromatic heterocycles. The van der Waals surface area contributed by atoms with Crippen LogP contribution in [0.5, 0.6) is 5.75 Å². The zero-order valence-corrected chi connectivity index (χ0v) is 19.3. The van der Waals surface area contributed by atoms with Gasteiger partial charge in [0, 0.05) is 22.6 Å². The predicted octanol–water partition coefficient (Wildman–Crippen LogP) is 6.06. The molecule has 33 heavy (non-hydrogen) atoms. The van der Waals surface area contributed by atoms with Gasteiger partial charge in [-0.25, -0.2) is 5.43 Å². The number of amides is 1. The number of hydrogen-bond acceptors (Lipinski definition) is 3. The molecule has 0 unspecified atom stereocenters. The van der Waals surface area contributed by atoms with Gasteiger partial charge in [0.05, 0.1) is 11.8 Å². The number of aryl methyl sites for hydroxylation is 2. The van der Waals surface area contributed by atoms with Crippen LogP contribution >= 0.6 is 0 Å². The molecular weight excluding hydrogens is 410 g/mol. The summed E-state index contributed by atoms with van der Waals surface area (Å²) in [5.74, 6) is -0.520. The van der Waals surface area contributed by atoms with E-state index in [-0.39, 0.29) is 11.3 Å². The Kier molecular flexibility index (Phi) is 6.59. The van der Waals surface area contributed by atoms with Crippen LogP contribution in [0.3, 0.4) is 0 Å². The molecule has 2 N–H and O–H groups in total. The molecule has 0 fully saturated rings. The average molecular weight is 440 g/mol. The van der Waals surface area contributed by atoms with E-state index in [9.17, 15) is 9.90 Å². The smallest absolute Gasteiger partial charge is 0.275 e. The van der Waals surface area contributed by atoms with Crippen LogP contribution < -0.4 is 5.43 Å². The van der Waals surface area contributed by atoms with E-state index in [1.165, 1.54) is 18.4 Å². The summed E-state index contributed by atoms with van der Waals surface area (Å²) in [4.78, 5) is 12.6. The molecule has 0 saturated carbocycles. The van der Waals surface area contributed by atoms with Crippen LogP contribution in [-0.4, -0.2) is 21.8 Å². The van der Waals surface area contributed by atoms with Gasteiger partial charge in [-0.05, 0) is 73.4 Å². The molecule has 0 saturated heterocycles. The molecule has 0 radical (unpaired) electrons. The lowest BCUT2D eigenvalue weighted by molar-refractivity contribution is 0.0952. The first-order valence-electron chi connectivity index (χ1n) is 11.3. The molecule has 0 aliphatic heterocycles. The van der Waals surface area contributed by atoms with Crippen LogP contribution in [0.15, 0.2) is 71.8 Å². The van der Waals surface area contributed by atoms with Crippen molar-refractivity contribution in [3.8, 4) is 11.4 Å². The van der Waals surface area contributed by atoms with Gasteiger partial charge in [-0.3, -0.25) is 4.79 Å². The molecule has 1 heterocycles. The number of benzene rings is 3. The van der Waals surface area contributed by atoms with E-state index in [1.54, 1.807) is 18.3 Å². The summed E-state index contributed by atoms with van der Waals surface area (Å²) in [6.45, 7) is 6.30. The van der Waals surface area contributed by atoms with Gasteiger partial charge in [0.1, 0.15) is 5.75 Å². The van der Waals surface area contributed by atoms with Crippen molar-refractivity contribution >= 4 is 22.9 Å². The fraction of sp³-hybridized carbons (Fsp3) is 0.214. The topological polar surface area (TPSA) is 66.6 Å². The fourth-order valence-electron chi connectivity index (χ4n) is 4.14. The van der Waals surface area contributed by atoms with Crippen molar-refractivity contribution in [3.63, 3.8) is 0 Å². The van der Waals surface area contributed by atoms with E-state index >= 15 is 0 Å². The molecule has 5 nitrogen and oxygen atoms in total. The number of unbranched alkanes of at least 4 members (excludes halogenated alkanes) is 1. The number of rotatable bonds is 7. The lowest BCUT2D eigenvalue weighted by atomic mass is 10.1. The van der Waals surface area contributed by atoms with Crippen LogP contribution in [0.2, 0.25) is 0 Å². The zero-order valence-electron chi connectivity index (χ0n) is 19.3. The van der Waals surface area contributed by atoms with Crippen LogP contribution in [0.4, 0.5) is 0 Å². The number of nitrogens with zero attached hydrogens (tertiary/aromatic N) is 2. The second-order valence-corrected chi connectivity index (χ2v) is 8.35. The Labute approximate surface area is 194 Å². The van der Waals surface area contributed by atoms with E-state index in [2.05, 4.69) is 53.2 Å². The number of fused-ring (bicyclic) bond motifs is 1. The summed E-state index contributed by atoms with van der Waals surface area (Å²) in [6.07, 6.45) is 5.14. The number of nitrogens with one attached hydrogen (secondary N) is 1. The van der Waals surface area contributed by atoms with Crippen molar-refractivity contribution < 1.29 is 9.90 Å². The highest BCUT2D eigenvalue weighted by Gasteiger charge is 2.13. The van der Waals surface area contributed by atoms with Crippen molar-refractivity contribution in [1.82, 2.24) is 9.99 Å². The Bertz CT molecular complexity index is 1320. The first kappa shape index (κ1) is 22.3. The molecule has 4 aromatic rings. The van der Waals surface area contributed by atoms with E-state index < -0.39 is 5.91 Å². The van der Waals surface area contributed by atoms with Gasteiger partial charge >= 0.3 is 0 Å². The van der Waals surface area contributed by atoms with E-state index in [1.807, 2.05) is 37.3 Å². The molecule has 5 heteroatoms. The summed E-state index contributed by atoms with van der Waals surface area (Å²) in [5.41, 5.74) is 8.24. The number of hydrogen-bond donors (Lipinski definition) is 2. The van der Waals surface area contributed by atoms with Crippen LogP contribution in [0.25, 0.3) is 16.5 Å². The molecular formula is C28H29N3O2. The van der Waals surface area contributed by atoms with E-state index in [0.717, 1.165) is 39.8 Å². The van der Waals surface area contributed by atoms with Gasteiger partial charge < -0.3 is 9.67 Å². The monoisotopic (exact) mass is 439 g/mol. The maximum atomic E-state index is 12.6. The van der Waals surface area contributed by atoms with E-state index in [4.69, 9.17) is 0 Å². The minimum absolute atomic E-state index is 0.0676. The number of aromatic hydroxyl groups is 1. The van der Waals surface area contributed by atoms with Crippen molar-refractivity contribution in [2.75, 3.05) is 0 Å². The first-order valence-corrected chi connectivity index (χ1v) is 11.3. The molecule has 0 bridgehead atoms. The summed E-state index contributed by atoms with van der Waals surface area (Å²) >= 11 is 0. The third-order valence-corrected chi connectivity index (χ3v) is 5.96. The number of aromatic nitrogens is 1. The van der Waals surface area contributed by atoms with Gasteiger partial charge in [0.2, 0.25) is 0 Å². The average Bonchev–Trinajstić information content (AvgIpc) is 3.10. The maximum absolute atomic E-state index is 12.6. The van der Waals surface area contributed by atoms with Gasteiger partial charge in [-0.2, -0.15) is 5.10 Å². The summed E-state index contributed by atoms with van der Waals surface area (Å²) in [7, 11) is 0. The normalized spacial score (nSPS) is 11.4. The Balaban J connectivity index is 1.50. The Hall–Kier alpha value is -3.86. The van der Waals surface area contributed by atoms with Gasteiger partial charge in [0.25, 0.3) is 5.91 Å². The number of carbonyl (C=O) groups is 1. The minimum atomic E-state index is -0.453. The third-order valence-electron chi connectivity index (χ3n) is 5.96. The number of carbonyl (C=O) groups excluding carboxylic acids is 1. The second-order valence-electron chi connectivity index (χ2n) is 8.35. The van der Waals surface area contributed by atoms with Gasteiger partial charge in [-0.1, -0.05) is 49.7 Å². The highest BCUT2D eigenvalue weighted by molar-refractivity contribution is 6.01. The van der Waals surface area contributed by atoms with Crippen LogP contribution in [-0.2, 0) is 6.42 Å². The molecule has 4 rings (SSSR count). The first-order chi connectivity index (χ1) is 16.0. The maximum Gasteiger partial charge on any atom is 0.275 e. The standard InChI is InChI=1S/C28H29N3O2/c1-4-5-8-21-11-13-25(14-12-21)31-19(2)15-24(20(31)3)18-29-30-28(33)26-16-22-9-6-7-10-23(22)17-27(26)32/h6-7,9-18,32H,4-5,8H2,1-3H3,(H,30,33). The SMILES string of the molecule is CCCCc1ccc(-n2c(C)cc(C=NNC(=O)c3cc4ccccc4cc3O)c2C)cc1. The Morgan fingerprint density at radius 1 is 1.03 bits per heavy atom. The molecule has 3 aromatic carbocycles. The summed E-state index contributed by atoms with van der Waals surface area (Å²) < 4.78 is 2.18. The predicted molar refractivity (Wildman–Crippen MR) is 135 cm³/mol. The highest BCUT2D eigenvalue weighted by Crippen LogP contribution is 2.25. The second kappa shape index (κ2) is 9.74. The summed E-state index contributed by atoms with van der Waals surface area (Å²) in [6, 6.07) is 21.6. The van der Waals surface area contributed by atoms with Crippen LogP contribution in [0, 0.1) is 13.8 Å². The molecule has 0 spiro atoms. The minimum Gasteiger partial charge on any atom is -0.507 e. The lowest BCUT2D eigenvalue weighted by Gasteiger charge is -2.10. The molecule has 0 aliphatic rings. The lowest BCUT2D eigenvalue weighted by Crippen LogP contribution is -2.17. The number of phenols is 1. The number of hydrazone groups is 1. The zero-order chi connectivity index (χ0) is 23.4. The molecule has 168 valence electrons. The Morgan fingerprint density at radius 2 is 1.73 bits per heavy atom. The Morgan fingerprint density at radius 3 is 2.42 bits per heavy atom. The third kappa shape index (κ3) is 4.82. The molecule has 0 aliphatic carbocycles. The van der Waals surface area contributed by atoms with Crippen molar-refractivity contribution in [2.24, 2.45) is 5.10 Å². The quantitative estimate of drug-likeness (QED) is 0.271. The molecule has 1 amide bonds. The molecule has 0 atom stereocenters. The summed E-state index contributed by atoms with van der Waals surface area (Å²) in [5, 5.41) is 16.2. The largest absolute Gasteiger partial charge is 0.507 e. The van der Waals surface area contributed by atoms with Gasteiger partial charge in [0.15, 0.2) is 0 Å². The van der Waals surface area contributed by atoms with Gasteiger partial charge in [-0.15, -0.1) is 0 Å². The van der Waals surface area contributed by atoms with Crippen LogP contribution in [0.1, 0.15) is 52.6 Å². The highest BCUT2D eigenvalue weighted by atomic mass is 16.3. The van der Waals surface area contributed by atoms with Crippen molar-refractivity contribution in [1.29, 1.82) is 0 Å². The van der Waals surface area contributed by atoms with Crippen molar-refractivity contribution in [2.45, 2.75) is 40.0 Å². The number of phenolic OH excluding ortho intramolecular Hbond substituents is 1. The van der Waals surface area contributed by atoms with E-state index in [0.29, 0.717) is 0 Å².